The molecule has 0 heterocycles. The summed E-state index contributed by atoms with van der Waals surface area (Å²) < 4.78 is 4.97. The van der Waals surface area contributed by atoms with E-state index in [2.05, 4.69) is 17.6 Å². The highest BCUT2D eigenvalue weighted by Crippen LogP contribution is 2.07. The zero-order valence-corrected chi connectivity index (χ0v) is 12.4. The lowest BCUT2D eigenvalue weighted by molar-refractivity contribution is -0.118. The molecule has 0 spiro atoms. The van der Waals surface area contributed by atoms with E-state index in [0.717, 1.165) is 38.4 Å². The van der Waals surface area contributed by atoms with Crippen LogP contribution < -0.4 is 10.6 Å². The van der Waals surface area contributed by atoms with Gasteiger partial charge in [-0.1, -0.05) is 28.3 Å². The molecule has 1 unspecified atom stereocenters. The molecule has 18 heavy (non-hydrogen) atoms. The molecule has 5 nitrogen and oxygen atoms in total. The molecule has 0 saturated carbocycles. The van der Waals surface area contributed by atoms with Gasteiger partial charge in [0.1, 0.15) is 6.35 Å². The van der Waals surface area contributed by atoms with E-state index in [1.807, 2.05) is 0 Å². The number of alkyl carbamates (subject to hydrolysis) is 1. The number of carbonyl (C=O) groups excluding carboxylic acids is 2. The van der Waals surface area contributed by atoms with Crippen LogP contribution in [0.25, 0.3) is 0 Å². The Bertz CT molecular complexity index is 237. The molecule has 2 amide bonds. The Morgan fingerprint density at radius 1 is 1.06 bits per heavy atom. The predicted molar refractivity (Wildman–Crippen MR) is 75.4 cm³/mol. The Morgan fingerprint density at radius 3 is 2.22 bits per heavy atom. The summed E-state index contributed by atoms with van der Waals surface area (Å²) in [6.45, 7) is 4.99. The quantitative estimate of drug-likeness (QED) is 0.474. The van der Waals surface area contributed by atoms with Crippen molar-refractivity contribution < 1.29 is 14.3 Å². The Labute approximate surface area is 111 Å². The zero-order valence-electron chi connectivity index (χ0n) is 11.4. The van der Waals surface area contributed by atoms with Crippen molar-refractivity contribution in [3.05, 3.63) is 0 Å². The molecule has 0 aromatic rings. The number of rotatable bonds is 10. The molecule has 1 atom stereocenters. The lowest BCUT2D eigenvalue weighted by Crippen LogP contribution is -2.25. The number of unbranched alkanes of at least 4 members (excludes halogenated alkanes) is 3. The van der Waals surface area contributed by atoms with Gasteiger partial charge in [0.05, 0.1) is 0 Å². The lowest BCUT2D eigenvalue weighted by Gasteiger charge is -2.06. The van der Waals surface area contributed by atoms with Crippen molar-refractivity contribution in [2.45, 2.75) is 39.5 Å². The Kier molecular flexibility index (Phi) is 12.0. The second-order valence-electron chi connectivity index (χ2n) is 4.00. The van der Waals surface area contributed by atoms with Crippen LogP contribution in [0.3, 0.4) is 0 Å². The highest BCUT2D eigenvalue weighted by Gasteiger charge is 1.99. The fourth-order valence-electron chi connectivity index (χ4n) is 1.33. The first-order chi connectivity index (χ1) is 8.66. The smallest absolute Gasteiger partial charge is 0.407 e. The van der Waals surface area contributed by atoms with Gasteiger partial charge >= 0.3 is 6.09 Å². The highest BCUT2D eigenvalue weighted by atomic mass is 31.1. The van der Waals surface area contributed by atoms with Crippen LogP contribution in [-0.2, 0) is 9.53 Å². The summed E-state index contributed by atoms with van der Waals surface area (Å²) in [5, 5.41) is 5.48. The number of nitrogens with one attached hydrogen (secondary N) is 2. The van der Waals surface area contributed by atoms with E-state index >= 15 is 0 Å². The van der Waals surface area contributed by atoms with E-state index < -0.39 is 0 Å². The third-order valence-electron chi connectivity index (χ3n) is 2.30. The first-order valence-electron chi connectivity index (χ1n) is 6.52. The van der Waals surface area contributed by atoms with Gasteiger partial charge in [-0.3, -0.25) is 4.79 Å². The van der Waals surface area contributed by atoms with Crippen LogP contribution in [0.1, 0.15) is 39.5 Å². The highest BCUT2D eigenvalue weighted by molar-refractivity contribution is 7.37. The van der Waals surface area contributed by atoms with Crippen molar-refractivity contribution in [2.24, 2.45) is 0 Å². The van der Waals surface area contributed by atoms with Gasteiger partial charge in [0.15, 0.2) is 0 Å². The summed E-state index contributed by atoms with van der Waals surface area (Å²) in [4.78, 5) is 21.7. The summed E-state index contributed by atoms with van der Waals surface area (Å²) in [5.74, 6) is 0.0206. The van der Waals surface area contributed by atoms with Gasteiger partial charge < -0.3 is 15.4 Å². The molecule has 0 aromatic heterocycles. The molecule has 0 aromatic carbocycles. The van der Waals surface area contributed by atoms with Gasteiger partial charge in [0.25, 0.3) is 0 Å². The Hall–Kier alpha value is -0.830. The monoisotopic (exact) mass is 276 g/mol. The Balaban J connectivity index is 3.15. The van der Waals surface area contributed by atoms with Gasteiger partial charge in [-0.2, -0.15) is 0 Å². The minimum Gasteiger partial charge on any atom is -0.445 e. The summed E-state index contributed by atoms with van der Waals surface area (Å²) in [7, 11) is 0.693. The number of hydrogen-bond donors (Lipinski definition) is 2. The normalized spacial score (nSPS) is 10.6. The van der Waals surface area contributed by atoms with Gasteiger partial charge in [-0.05, 0) is 19.0 Å². The molecule has 2 N–H and O–H groups in total. The summed E-state index contributed by atoms with van der Waals surface area (Å²) in [6.07, 6.45) is 5.33. The molecule has 0 fully saturated rings. The van der Waals surface area contributed by atoms with E-state index in [0.29, 0.717) is 21.5 Å². The van der Waals surface area contributed by atoms with Crippen molar-refractivity contribution in [3.8, 4) is 0 Å². The van der Waals surface area contributed by atoms with Gasteiger partial charge in [0.2, 0.25) is 5.91 Å². The van der Waals surface area contributed by atoms with Crippen molar-refractivity contribution in [2.75, 3.05) is 25.6 Å². The Morgan fingerprint density at radius 2 is 1.67 bits per heavy atom. The number of hydrogen-bond acceptors (Lipinski definition) is 3. The molecule has 0 bridgehead atoms. The number of ether oxygens (including phenoxy) is 1. The van der Waals surface area contributed by atoms with Crippen LogP contribution in [0.4, 0.5) is 4.79 Å². The summed E-state index contributed by atoms with van der Waals surface area (Å²) in [5.41, 5.74) is 0. The van der Waals surface area contributed by atoms with Crippen molar-refractivity contribution in [3.63, 3.8) is 0 Å². The number of carbonyl (C=O) groups is 2. The average molecular weight is 276 g/mol. The van der Waals surface area contributed by atoms with Crippen molar-refractivity contribution in [1.82, 2.24) is 10.6 Å². The third kappa shape index (κ3) is 13.2. The molecule has 0 rings (SSSR count). The second-order valence-corrected chi connectivity index (χ2v) is 5.50. The number of amides is 2. The van der Waals surface area contributed by atoms with Crippen molar-refractivity contribution >= 4 is 20.6 Å². The van der Waals surface area contributed by atoms with E-state index in [4.69, 9.17) is 4.74 Å². The van der Waals surface area contributed by atoms with E-state index in [-0.39, 0.29) is 12.0 Å². The van der Waals surface area contributed by atoms with Gasteiger partial charge in [-0.15, -0.1) is 0 Å². The van der Waals surface area contributed by atoms with E-state index in [1.165, 1.54) is 6.92 Å². The van der Waals surface area contributed by atoms with E-state index in [1.54, 1.807) is 0 Å². The zero-order chi connectivity index (χ0) is 13.6. The molecular formula is C12H25N2O3P. The maximum Gasteiger partial charge on any atom is 0.407 e. The van der Waals surface area contributed by atoms with Crippen LogP contribution in [0, 0.1) is 0 Å². The third-order valence-corrected chi connectivity index (χ3v) is 3.15. The second kappa shape index (κ2) is 12.6. The van der Waals surface area contributed by atoms with Gasteiger partial charge in [0, 0.05) is 20.0 Å². The van der Waals surface area contributed by atoms with Crippen LogP contribution in [-0.4, -0.2) is 37.6 Å². The van der Waals surface area contributed by atoms with Gasteiger partial charge in [-0.25, -0.2) is 4.79 Å². The topological polar surface area (TPSA) is 67.4 Å². The van der Waals surface area contributed by atoms with Crippen LogP contribution in [0.5, 0.6) is 0 Å². The molecule has 6 heteroatoms. The van der Waals surface area contributed by atoms with E-state index in [9.17, 15) is 9.59 Å². The molecule has 0 aliphatic carbocycles. The first-order valence-corrected chi connectivity index (χ1v) is 7.94. The largest absolute Gasteiger partial charge is 0.445 e. The predicted octanol–water partition coefficient (Wildman–Crippen LogP) is 2.06. The van der Waals surface area contributed by atoms with Crippen LogP contribution in [0.15, 0.2) is 0 Å². The van der Waals surface area contributed by atoms with Crippen LogP contribution >= 0.6 is 8.58 Å². The average Bonchev–Trinajstić information content (AvgIpc) is 2.32. The fraction of sp³-hybridized carbons (Fsp3) is 0.833. The maximum atomic E-state index is 11.2. The molecule has 0 radical (unpaired) electrons. The first kappa shape index (κ1) is 17.2. The van der Waals surface area contributed by atoms with Crippen molar-refractivity contribution in [1.29, 1.82) is 0 Å². The maximum absolute atomic E-state index is 11.2. The molecule has 106 valence electrons. The molecule has 0 aliphatic rings. The standard InChI is InChI=1S/C12H25N2O3P/c1-3-18-10-17-12(16)14-9-7-5-4-6-8-13-11(2)15/h18H,3-10H2,1-2H3,(H,13,15)(H,14,16). The molecule has 0 saturated heterocycles. The minimum absolute atomic E-state index is 0.0206. The lowest BCUT2D eigenvalue weighted by atomic mass is 10.2. The fourth-order valence-corrected chi connectivity index (χ4v) is 1.77. The summed E-state index contributed by atoms with van der Waals surface area (Å²) >= 11 is 0. The van der Waals surface area contributed by atoms with Crippen LogP contribution in [0.2, 0.25) is 0 Å². The molecular weight excluding hydrogens is 251 g/mol. The molecule has 0 aliphatic heterocycles. The summed E-state index contributed by atoms with van der Waals surface area (Å²) in [6, 6.07) is 0. The SMILES string of the molecule is CCPCOC(=O)NCCCCCCNC(C)=O. The minimum atomic E-state index is -0.311.